The van der Waals surface area contributed by atoms with Crippen LogP contribution in [-0.2, 0) is 6.42 Å². The van der Waals surface area contributed by atoms with Crippen molar-refractivity contribution in [3.05, 3.63) is 17.2 Å². The smallest absolute Gasteiger partial charge is 0.345 e. The Kier molecular flexibility index (Phi) is 3.52. The minimum atomic E-state index is -4.05. The Labute approximate surface area is 116 Å². The first-order chi connectivity index (χ1) is 9.45. The van der Waals surface area contributed by atoms with Crippen LogP contribution in [0, 0.1) is 5.92 Å². The molecule has 6 heteroatoms. The van der Waals surface area contributed by atoms with Gasteiger partial charge in [-0.05, 0) is 44.9 Å². The first-order valence-electron chi connectivity index (χ1n) is 7.36. The molecule has 0 spiro atoms. The lowest BCUT2D eigenvalue weighted by molar-refractivity contribution is -0.182. The van der Waals surface area contributed by atoms with Crippen LogP contribution < -0.4 is 5.73 Å². The van der Waals surface area contributed by atoms with E-state index < -0.39 is 12.1 Å². The largest absolute Gasteiger partial charge is 0.391 e. The highest BCUT2D eigenvalue weighted by Gasteiger charge is 2.42. The molecule has 0 aliphatic heterocycles. The third kappa shape index (κ3) is 2.57. The van der Waals surface area contributed by atoms with Gasteiger partial charge in [-0.3, -0.25) is 0 Å². The van der Waals surface area contributed by atoms with Crippen LogP contribution >= 0.6 is 0 Å². The van der Waals surface area contributed by atoms with Gasteiger partial charge in [0.05, 0.1) is 11.6 Å². The van der Waals surface area contributed by atoms with Crippen molar-refractivity contribution in [3.8, 4) is 0 Å². The van der Waals surface area contributed by atoms with E-state index in [0.29, 0.717) is 12.8 Å². The molecule has 1 fully saturated rings. The quantitative estimate of drug-likeness (QED) is 0.829. The van der Waals surface area contributed by atoms with Gasteiger partial charge in [-0.15, -0.1) is 0 Å². The molecular formula is C14H20F3N3. The van der Waals surface area contributed by atoms with Gasteiger partial charge in [-0.2, -0.15) is 13.2 Å². The number of nitrogens with two attached hydrogens (primary N) is 1. The number of rotatable bonds is 1. The molecule has 3 nitrogen and oxygen atoms in total. The number of hydrogen-bond donors (Lipinski definition) is 2. The van der Waals surface area contributed by atoms with Crippen LogP contribution in [0.4, 0.5) is 13.2 Å². The predicted molar refractivity (Wildman–Crippen MR) is 69.2 cm³/mol. The minimum Gasteiger partial charge on any atom is -0.345 e. The van der Waals surface area contributed by atoms with E-state index in [4.69, 9.17) is 5.73 Å². The third-order valence-electron chi connectivity index (χ3n) is 4.70. The summed E-state index contributed by atoms with van der Waals surface area (Å²) in [7, 11) is 0. The number of aromatic amines is 1. The lowest BCUT2D eigenvalue weighted by atomic mass is 9.81. The highest BCUT2D eigenvalue weighted by atomic mass is 19.4. The van der Waals surface area contributed by atoms with E-state index in [0.717, 1.165) is 36.5 Å². The molecule has 2 aliphatic rings. The normalized spacial score (nSPS) is 31.1. The van der Waals surface area contributed by atoms with Gasteiger partial charge in [0.15, 0.2) is 0 Å². The molecule has 1 aromatic rings. The van der Waals surface area contributed by atoms with Crippen LogP contribution in [-0.4, -0.2) is 16.1 Å². The van der Waals surface area contributed by atoms with Gasteiger partial charge in [0.25, 0.3) is 0 Å². The molecule has 20 heavy (non-hydrogen) atoms. The lowest BCUT2D eigenvalue weighted by Crippen LogP contribution is -2.27. The van der Waals surface area contributed by atoms with Crippen molar-refractivity contribution >= 4 is 0 Å². The SMILES string of the molecule is NC1CCCc2[nH]c(C3CCC(C(F)(F)F)CC3)nc21. The van der Waals surface area contributed by atoms with E-state index >= 15 is 0 Å². The van der Waals surface area contributed by atoms with Crippen molar-refractivity contribution in [1.82, 2.24) is 9.97 Å². The van der Waals surface area contributed by atoms with Crippen molar-refractivity contribution in [1.29, 1.82) is 0 Å². The topological polar surface area (TPSA) is 54.7 Å². The zero-order chi connectivity index (χ0) is 14.3. The molecule has 1 unspecified atom stereocenters. The molecule has 1 heterocycles. The summed E-state index contributed by atoms with van der Waals surface area (Å²) in [6.45, 7) is 0. The average molecular weight is 287 g/mol. The molecule has 0 aromatic carbocycles. The summed E-state index contributed by atoms with van der Waals surface area (Å²) in [5.74, 6) is -0.148. The molecule has 2 aliphatic carbocycles. The molecule has 0 bridgehead atoms. The van der Waals surface area contributed by atoms with Crippen molar-refractivity contribution in [3.63, 3.8) is 0 Å². The summed E-state index contributed by atoms with van der Waals surface area (Å²) < 4.78 is 38.0. The molecule has 0 amide bonds. The molecule has 1 aromatic heterocycles. The average Bonchev–Trinajstić information content (AvgIpc) is 2.83. The van der Waals surface area contributed by atoms with Gasteiger partial charge >= 0.3 is 6.18 Å². The van der Waals surface area contributed by atoms with Crippen molar-refractivity contribution in [2.45, 2.75) is 63.1 Å². The summed E-state index contributed by atoms with van der Waals surface area (Å²) >= 11 is 0. The Morgan fingerprint density at radius 2 is 1.80 bits per heavy atom. The Balaban J connectivity index is 1.70. The molecule has 3 N–H and O–H groups in total. The Morgan fingerprint density at radius 1 is 1.10 bits per heavy atom. The number of hydrogen-bond acceptors (Lipinski definition) is 2. The van der Waals surface area contributed by atoms with Gasteiger partial charge in [0.2, 0.25) is 0 Å². The predicted octanol–water partition coefficient (Wildman–Crippen LogP) is 3.58. The zero-order valence-electron chi connectivity index (χ0n) is 11.3. The lowest BCUT2D eigenvalue weighted by Gasteiger charge is -2.28. The summed E-state index contributed by atoms with van der Waals surface area (Å²) in [5, 5.41) is 0. The van der Waals surface area contributed by atoms with Gasteiger partial charge in [-0.1, -0.05) is 0 Å². The second kappa shape index (κ2) is 5.06. The van der Waals surface area contributed by atoms with Gasteiger partial charge in [0, 0.05) is 17.7 Å². The van der Waals surface area contributed by atoms with Crippen LogP contribution in [0.1, 0.15) is 67.7 Å². The van der Waals surface area contributed by atoms with Crippen LogP contribution in [0.2, 0.25) is 0 Å². The number of aryl methyl sites for hydroxylation is 1. The Bertz CT molecular complexity index is 472. The maximum atomic E-state index is 12.7. The van der Waals surface area contributed by atoms with Crippen molar-refractivity contribution < 1.29 is 13.2 Å². The summed E-state index contributed by atoms with van der Waals surface area (Å²) in [5.41, 5.74) is 8.07. The molecular weight excluding hydrogens is 267 g/mol. The Hall–Kier alpha value is -1.04. The number of aromatic nitrogens is 2. The number of H-pyrrole nitrogens is 1. The second-order valence-electron chi connectivity index (χ2n) is 6.07. The highest BCUT2D eigenvalue weighted by Crippen LogP contribution is 2.42. The number of alkyl halides is 3. The van der Waals surface area contributed by atoms with Crippen LogP contribution in [0.15, 0.2) is 0 Å². The maximum Gasteiger partial charge on any atom is 0.391 e. The fraction of sp³-hybridized carbons (Fsp3) is 0.786. The molecule has 0 saturated heterocycles. The van der Waals surface area contributed by atoms with Gasteiger partial charge in [-0.25, -0.2) is 4.98 Å². The molecule has 0 radical (unpaired) electrons. The minimum absolute atomic E-state index is 0.0183. The molecule has 112 valence electrons. The van der Waals surface area contributed by atoms with E-state index in [9.17, 15) is 13.2 Å². The van der Waals surface area contributed by atoms with Crippen molar-refractivity contribution in [2.75, 3.05) is 0 Å². The number of nitrogens with one attached hydrogen (secondary N) is 1. The summed E-state index contributed by atoms with van der Waals surface area (Å²) in [4.78, 5) is 7.90. The van der Waals surface area contributed by atoms with E-state index in [1.807, 2.05) is 0 Å². The molecule has 3 rings (SSSR count). The van der Waals surface area contributed by atoms with E-state index in [-0.39, 0.29) is 24.8 Å². The van der Waals surface area contributed by atoms with Crippen LogP contribution in [0.25, 0.3) is 0 Å². The van der Waals surface area contributed by atoms with Gasteiger partial charge < -0.3 is 10.7 Å². The molecule has 1 saturated carbocycles. The maximum absolute atomic E-state index is 12.7. The summed E-state index contributed by atoms with van der Waals surface area (Å²) in [6, 6.07) is -0.0183. The number of halogens is 3. The number of nitrogens with zero attached hydrogens (tertiary/aromatic N) is 1. The standard InChI is InChI=1S/C14H20F3N3/c15-14(16,17)9-6-4-8(5-7-9)13-19-11-3-1-2-10(18)12(11)20-13/h8-10H,1-7,18H2,(H,19,20). The van der Waals surface area contributed by atoms with E-state index in [2.05, 4.69) is 9.97 Å². The van der Waals surface area contributed by atoms with Crippen molar-refractivity contribution in [2.24, 2.45) is 11.7 Å². The van der Waals surface area contributed by atoms with E-state index in [1.54, 1.807) is 0 Å². The molecule has 1 atom stereocenters. The van der Waals surface area contributed by atoms with Crippen LogP contribution in [0.3, 0.4) is 0 Å². The first-order valence-corrected chi connectivity index (χ1v) is 7.36. The fourth-order valence-corrected chi connectivity index (χ4v) is 3.46. The monoisotopic (exact) mass is 287 g/mol. The highest BCUT2D eigenvalue weighted by molar-refractivity contribution is 5.22. The first kappa shape index (κ1) is 13.9. The Morgan fingerprint density at radius 3 is 2.40 bits per heavy atom. The van der Waals surface area contributed by atoms with E-state index in [1.165, 1.54) is 0 Å². The zero-order valence-corrected chi connectivity index (χ0v) is 11.3. The number of imidazole rings is 1. The third-order valence-corrected chi connectivity index (χ3v) is 4.70. The number of fused-ring (bicyclic) bond motifs is 1. The summed E-state index contributed by atoms with van der Waals surface area (Å²) in [6.07, 6.45) is 0.452. The fourth-order valence-electron chi connectivity index (χ4n) is 3.46. The second-order valence-corrected chi connectivity index (χ2v) is 6.07. The van der Waals surface area contributed by atoms with Gasteiger partial charge in [0.1, 0.15) is 5.82 Å². The van der Waals surface area contributed by atoms with Crippen LogP contribution in [0.5, 0.6) is 0 Å².